The molecule has 3 saturated carbocycles. The van der Waals surface area contributed by atoms with Gasteiger partial charge in [0.25, 0.3) is 0 Å². The van der Waals surface area contributed by atoms with Gasteiger partial charge in [0.15, 0.2) is 23.5 Å². The summed E-state index contributed by atoms with van der Waals surface area (Å²) >= 11 is 0. The average Bonchev–Trinajstić information content (AvgIpc) is 3.39. The lowest BCUT2D eigenvalue weighted by molar-refractivity contribution is -0.205. The number of fused-ring (bicyclic) bond motifs is 7. The van der Waals surface area contributed by atoms with E-state index in [9.17, 15) is 19.3 Å². The summed E-state index contributed by atoms with van der Waals surface area (Å²) in [5, 5.41) is 10.2. The first-order valence-electron chi connectivity index (χ1n) is 14.9. The lowest BCUT2D eigenvalue weighted by Gasteiger charge is -2.60. The number of carbonyl (C=O) groups excluding carboxylic acids is 2. The smallest absolute Gasteiger partial charge is 0.356 e. The van der Waals surface area contributed by atoms with E-state index in [4.69, 9.17) is 23.3 Å². The molecule has 0 aromatic heterocycles. The minimum atomic E-state index is -3.51. The monoisotopic (exact) mass is 580 g/mol. The van der Waals surface area contributed by atoms with Crippen LogP contribution < -0.4 is 0 Å². The van der Waals surface area contributed by atoms with Gasteiger partial charge in [-0.1, -0.05) is 38.8 Å². The fourth-order valence-electron chi connectivity index (χ4n) is 8.94. The van der Waals surface area contributed by atoms with E-state index in [1.54, 1.807) is 26.0 Å². The molecule has 4 fully saturated rings. The summed E-state index contributed by atoms with van der Waals surface area (Å²) in [5.41, 5.74) is -1.30. The Morgan fingerprint density at radius 2 is 1.93 bits per heavy atom. The van der Waals surface area contributed by atoms with Crippen molar-refractivity contribution in [2.75, 3.05) is 26.2 Å². The summed E-state index contributed by atoms with van der Waals surface area (Å²) < 4.78 is 44.1. The van der Waals surface area contributed by atoms with Crippen molar-refractivity contribution < 1.29 is 42.5 Å². The van der Waals surface area contributed by atoms with Crippen molar-refractivity contribution in [2.24, 2.45) is 28.6 Å². The highest BCUT2D eigenvalue weighted by Crippen LogP contribution is 2.70. The molecular formula is C30H45O9P. The molecule has 4 aliphatic carbocycles. The number of carbonyl (C=O) groups is 2. The zero-order valence-electron chi connectivity index (χ0n) is 24.4. The number of Topliss-reactive ketones (excluding diaryl/α,β-unsaturated/α-hetero) is 1. The second kappa shape index (κ2) is 11.1. The highest BCUT2D eigenvalue weighted by molar-refractivity contribution is 7.53. The highest BCUT2D eigenvalue weighted by atomic mass is 31.2. The normalized spacial score (nSPS) is 42.1. The number of ether oxygens (including phenoxy) is 3. The molecule has 40 heavy (non-hydrogen) atoms. The fourth-order valence-corrected chi connectivity index (χ4v) is 10.3. The van der Waals surface area contributed by atoms with E-state index in [-0.39, 0.29) is 48.9 Å². The van der Waals surface area contributed by atoms with Crippen LogP contribution in [0.15, 0.2) is 23.8 Å². The molecule has 1 heterocycles. The van der Waals surface area contributed by atoms with Crippen LogP contribution in [-0.4, -0.2) is 66.9 Å². The van der Waals surface area contributed by atoms with E-state index >= 15 is 0 Å². The number of hydrogen-bond acceptors (Lipinski definition) is 9. The summed E-state index contributed by atoms with van der Waals surface area (Å²) in [6.45, 7) is 9.67. The van der Waals surface area contributed by atoms with Gasteiger partial charge in [-0.2, -0.15) is 0 Å². The molecule has 10 heteroatoms. The lowest BCUT2D eigenvalue weighted by Crippen LogP contribution is -2.64. The molecule has 0 amide bonds. The number of rotatable bonds is 11. The van der Waals surface area contributed by atoms with Gasteiger partial charge < -0.3 is 28.4 Å². The van der Waals surface area contributed by atoms with Crippen LogP contribution in [0.4, 0.5) is 0 Å². The van der Waals surface area contributed by atoms with Gasteiger partial charge in [-0.05, 0) is 69.9 Å². The van der Waals surface area contributed by atoms with Crippen LogP contribution in [0.1, 0.15) is 73.1 Å². The predicted octanol–water partition coefficient (Wildman–Crippen LogP) is 4.96. The molecule has 5 aliphatic rings. The van der Waals surface area contributed by atoms with Gasteiger partial charge >= 0.3 is 7.60 Å². The third-order valence-corrected chi connectivity index (χ3v) is 12.2. The van der Waals surface area contributed by atoms with Gasteiger partial charge in [-0.25, -0.2) is 0 Å². The summed E-state index contributed by atoms with van der Waals surface area (Å²) in [4.78, 5) is 26.0. The summed E-state index contributed by atoms with van der Waals surface area (Å²) in [7, 11) is -3.51. The Balaban J connectivity index is 1.57. The van der Waals surface area contributed by atoms with Crippen LogP contribution >= 0.6 is 7.60 Å². The Hall–Kier alpha value is -1.19. The van der Waals surface area contributed by atoms with Crippen molar-refractivity contribution in [3.05, 3.63) is 23.8 Å². The van der Waals surface area contributed by atoms with Crippen LogP contribution in [0, 0.1) is 28.6 Å². The van der Waals surface area contributed by atoms with Crippen LogP contribution in [-0.2, 0) is 37.4 Å². The van der Waals surface area contributed by atoms with E-state index in [0.29, 0.717) is 19.3 Å². The first-order valence-corrected chi connectivity index (χ1v) is 16.7. The van der Waals surface area contributed by atoms with Gasteiger partial charge in [-0.15, -0.1) is 0 Å². The largest absolute Gasteiger partial charge is 0.388 e. The molecule has 224 valence electrons. The molecular weight excluding hydrogens is 535 g/mol. The van der Waals surface area contributed by atoms with Gasteiger partial charge in [0, 0.05) is 16.7 Å². The van der Waals surface area contributed by atoms with E-state index < -0.39 is 49.1 Å². The molecule has 1 aliphatic heterocycles. The molecule has 9 nitrogen and oxygen atoms in total. The first-order chi connectivity index (χ1) is 19.0. The molecule has 0 aromatic carbocycles. The molecule has 1 unspecified atom stereocenters. The maximum Gasteiger partial charge on any atom is 0.356 e. The molecule has 0 spiro atoms. The maximum atomic E-state index is 13.7. The first kappa shape index (κ1) is 30.3. The Bertz CT molecular complexity index is 1110. The summed E-state index contributed by atoms with van der Waals surface area (Å²) in [6.07, 6.45) is 8.05. The van der Waals surface area contributed by atoms with E-state index in [1.165, 1.54) is 0 Å². The van der Waals surface area contributed by atoms with E-state index in [2.05, 4.69) is 13.8 Å². The van der Waals surface area contributed by atoms with E-state index in [1.807, 2.05) is 13.0 Å². The van der Waals surface area contributed by atoms with Crippen LogP contribution in [0.25, 0.3) is 0 Å². The summed E-state index contributed by atoms with van der Waals surface area (Å²) in [6, 6.07) is 0. The second-order valence-electron chi connectivity index (χ2n) is 12.4. The fraction of sp³-hybridized carbons (Fsp3) is 0.800. The molecule has 0 bridgehead atoms. The Kier molecular flexibility index (Phi) is 8.43. The van der Waals surface area contributed by atoms with Crippen LogP contribution in [0.2, 0.25) is 0 Å². The number of aliphatic hydroxyl groups excluding tert-OH is 1. The van der Waals surface area contributed by atoms with Crippen molar-refractivity contribution in [3.8, 4) is 0 Å². The minimum absolute atomic E-state index is 0.00658. The number of ketones is 2. The Labute approximate surface area is 237 Å². The zero-order chi connectivity index (χ0) is 28.9. The van der Waals surface area contributed by atoms with Crippen LogP contribution in [0.3, 0.4) is 0 Å². The van der Waals surface area contributed by atoms with Gasteiger partial charge in [0.05, 0.1) is 25.4 Å². The number of aliphatic hydroxyl groups is 1. The predicted molar refractivity (Wildman–Crippen MR) is 147 cm³/mol. The Morgan fingerprint density at radius 3 is 2.58 bits per heavy atom. The van der Waals surface area contributed by atoms with Crippen LogP contribution in [0.5, 0.6) is 0 Å². The van der Waals surface area contributed by atoms with Crippen molar-refractivity contribution in [3.63, 3.8) is 0 Å². The molecule has 9 atom stereocenters. The summed E-state index contributed by atoms with van der Waals surface area (Å²) in [5.74, 6) is -0.173. The van der Waals surface area contributed by atoms with Gasteiger partial charge in [0.2, 0.25) is 0 Å². The third kappa shape index (κ3) is 4.55. The Morgan fingerprint density at radius 1 is 1.20 bits per heavy atom. The number of hydrogen-bond donors (Lipinski definition) is 1. The molecule has 5 rings (SSSR count). The zero-order valence-corrected chi connectivity index (χ0v) is 25.3. The van der Waals surface area contributed by atoms with Crippen molar-refractivity contribution >= 4 is 19.2 Å². The lowest BCUT2D eigenvalue weighted by atomic mass is 9.46. The average molecular weight is 581 g/mol. The quantitative estimate of drug-likeness (QED) is 0.338. The maximum absolute atomic E-state index is 13.7. The van der Waals surface area contributed by atoms with Gasteiger partial charge in [0.1, 0.15) is 13.0 Å². The number of allylic oxidation sites excluding steroid dienone is 4. The molecule has 0 aromatic rings. The molecule has 1 saturated heterocycles. The SMILES string of the molecule is CCCC1O[C@@H]2C[C@H]3[C@@H]4CCC5=CC(=O)C=C[C@]5(C)[C@H]4[C@@H](OCP(=O)(OCC)OCC)C[C@]3(C)[C@]2(C(=O)CO)O1. The second-order valence-corrected chi connectivity index (χ2v) is 14.4. The standard InChI is InChI=1S/C30H45O9P/c1-6-9-26-38-25-15-22-21-11-10-19-14-20(32)12-13-28(19,4)27(21)23(35-18-40(34,36-7-2)37-8-3)16-29(22,5)30(25,39-26)24(33)17-31/h12-14,21-23,25-27,31H,6-11,15-18H2,1-5H3/t21-,22-,23-,25+,26?,27+,28-,29-,30+/m0/s1. The van der Waals surface area contributed by atoms with Crippen molar-refractivity contribution in [1.82, 2.24) is 0 Å². The van der Waals surface area contributed by atoms with Crippen molar-refractivity contribution in [2.45, 2.75) is 97.2 Å². The molecule has 1 N–H and O–H groups in total. The topological polar surface area (TPSA) is 118 Å². The molecule has 0 radical (unpaired) electrons. The minimum Gasteiger partial charge on any atom is -0.388 e. The highest BCUT2D eigenvalue weighted by Gasteiger charge is 2.76. The third-order valence-electron chi connectivity index (χ3n) is 10.4. The van der Waals surface area contributed by atoms with E-state index in [0.717, 1.165) is 24.8 Å². The van der Waals surface area contributed by atoms with Crippen molar-refractivity contribution in [1.29, 1.82) is 0 Å². The van der Waals surface area contributed by atoms with Gasteiger partial charge in [-0.3, -0.25) is 14.2 Å².